The van der Waals surface area contributed by atoms with Crippen molar-refractivity contribution in [1.82, 2.24) is 29.4 Å². The van der Waals surface area contributed by atoms with E-state index in [9.17, 15) is 4.79 Å². The van der Waals surface area contributed by atoms with Crippen molar-refractivity contribution in [3.63, 3.8) is 0 Å². The molecular formula is C25H20N6O3. The second kappa shape index (κ2) is 7.45. The van der Waals surface area contributed by atoms with Gasteiger partial charge in [-0.15, -0.1) is 0 Å². The van der Waals surface area contributed by atoms with E-state index < -0.39 is 0 Å². The minimum atomic E-state index is -0.320. The van der Waals surface area contributed by atoms with Crippen molar-refractivity contribution in [2.24, 2.45) is 7.05 Å². The molecule has 0 aliphatic carbocycles. The van der Waals surface area contributed by atoms with Gasteiger partial charge in [0.15, 0.2) is 16.7 Å². The zero-order valence-corrected chi connectivity index (χ0v) is 18.7. The first-order valence-electron chi connectivity index (χ1n) is 10.7. The summed E-state index contributed by atoms with van der Waals surface area (Å²) in [5.74, 6) is 0.727. The fraction of sp³-hybridized carbons (Fsp3) is 0.120. The molecule has 4 aromatic heterocycles. The van der Waals surface area contributed by atoms with Crippen LogP contribution in [0.3, 0.4) is 0 Å². The molecular weight excluding hydrogens is 432 g/mol. The number of aromatic nitrogens is 6. The highest BCUT2D eigenvalue weighted by molar-refractivity contribution is 5.87. The second-order valence-corrected chi connectivity index (χ2v) is 8.01. The van der Waals surface area contributed by atoms with Crippen LogP contribution in [-0.2, 0) is 7.05 Å². The van der Waals surface area contributed by atoms with E-state index in [4.69, 9.17) is 14.1 Å². The van der Waals surface area contributed by atoms with E-state index in [1.165, 1.54) is 4.52 Å². The molecule has 0 saturated carbocycles. The molecule has 0 bridgehead atoms. The molecule has 0 aliphatic rings. The second-order valence-electron chi connectivity index (χ2n) is 8.01. The largest absolute Gasteiger partial charge is 0.494 e. The van der Waals surface area contributed by atoms with E-state index >= 15 is 0 Å². The highest BCUT2D eigenvalue weighted by atomic mass is 16.5. The van der Waals surface area contributed by atoms with Crippen LogP contribution in [0.2, 0.25) is 0 Å². The van der Waals surface area contributed by atoms with Crippen molar-refractivity contribution < 1.29 is 9.15 Å². The van der Waals surface area contributed by atoms with E-state index in [0.29, 0.717) is 33.8 Å². The molecule has 0 spiro atoms. The van der Waals surface area contributed by atoms with Gasteiger partial charge in [-0.2, -0.15) is 5.10 Å². The summed E-state index contributed by atoms with van der Waals surface area (Å²) in [6.45, 7) is 1.92. The van der Waals surface area contributed by atoms with E-state index in [1.54, 1.807) is 30.1 Å². The van der Waals surface area contributed by atoms with Gasteiger partial charge in [0.2, 0.25) is 5.89 Å². The van der Waals surface area contributed by atoms with Gasteiger partial charge in [-0.1, -0.05) is 36.4 Å². The molecule has 0 amide bonds. The van der Waals surface area contributed by atoms with Gasteiger partial charge in [0.05, 0.1) is 19.0 Å². The lowest BCUT2D eigenvalue weighted by Gasteiger charge is -2.06. The lowest BCUT2D eigenvalue weighted by molar-refractivity contribution is 0.419. The van der Waals surface area contributed by atoms with Crippen LogP contribution in [0.4, 0.5) is 0 Å². The predicted octanol–water partition coefficient (Wildman–Crippen LogP) is 4.22. The first-order valence-corrected chi connectivity index (χ1v) is 10.7. The summed E-state index contributed by atoms with van der Waals surface area (Å²) >= 11 is 0. The molecule has 0 aliphatic heterocycles. The lowest BCUT2D eigenvalue weighted by Crippen LogP contribution is -2.19. The van der Waals surface area contributed by atoms with Gasteiger partial charge < -0.3 is 9.15 Å². The number of methoxy groups -OCH3 is 1. The fourth-order valence-corrected chi connectivity index (χ4v) is 4.27. The van der Waals surface area contributed by atoms with Gasteiger partial charge in [0.25, 0.3) is 5.56 Å². The Labute approximate surface area is 193 Å². The lowest BCUT2D eigenvalue weighted by atomic mass is 10.1. The number of hydrogen-bond acceptors (Lipinski definition) is 6. The number of oxazole rings is 1. The van der Waals surface area contributed by atoms with Crippen molar-refractivity contribution in [1.29, 1.82) is 0 Å². The number of benzene rings is 2. The Morgan fingerprint density at radius 1 is 1.00 bits per heavy atom. The molecule has 2 aromatic carbocycles. The quantitative estimate of drug-likeness (QED) is 0.430. The molecule has 0 atom stereocenters. The number of ether oxygens (including phenoxy) is 1. The molecule has 0 fully saturated rings. The van der Waals surface area contributed by atoms with Crippen molar-refractivity contribution in [3.8, 4) is 39.6 Å². The standard InChI is InChI=1S/C25H20N6O3/c1-14-19(15-8-5-4-6-9-15)23-27-21(16-12-26-30(2)13-16)20(25(32)31(23)29-14)24-28-22-17(33-3)10-7-11-18(22)34-24/h4-13,29H,1-3H3. The Balaban J connectivity index is 1.71. The van der Waals surface area contributed by atoms with Crippen LogP contribution in [0.5, 0.6) is 5.75 Å². The molecule has 0 unspecified atom stereocenters. The molecule has 9 heteroatoms. The van der Waals surface area contributed by atoms with E-state index in [2.05, 4.69) is 15.2 Å². The summed E-state index contributed by atoms with van der Waals surface area (Å²) in [4.78, 5) is 23.5. The minimum absolute atomic E-state index is 0.166. The van der Waals surface area contributed by atoms with Crippen molar-refractivity contribution in [2.75, 3.05) is 7.11 Å². The third kappa shape index (κ3) is 2.94. The summed E-state index contributed by atoms with van der Waals surface area (Å²) in [6, 6.07) is 15.2. The summed E-state index contributed by atoms with van der Waals surface area (Å²) in [6.07, 6.45) is 3.49. The maximum Gasteiger partial charge on any atom is 0.286 e. The summed E-state index contributed by atoms with van der Waals surface area (Å²) in [7, 11) is 3.38. The average molecular weight is 452 g/mol. The molecule has 9 nitrogen and oxygen atoms in total. The molecule has 0 radical (unpaired) electrons. The number of aromatic amines is 1. The van der Waals surface area contributed by atoms with Crippen LogP contribution in [-0.4, -0.2) is 36.5 Å². The molecule has 6 rings (SSSR count). The number of aryl methyl sites for hydroxylation is 2. The normalized spacial score (nSPS) is 11.5. The zero-order chi connectivity index (χ0) is 23.4. The monoisotopic (exact) mass is 452 g/mol. The number of fused-ring (bicyclic) bond motifs is 2. The number of H-pyrrole nitrogens is 1. The highest BCUT2D eigenvalue weighted by Crippen LogP contribution is 2.35. The molecule has 6 aromatic rings. The summed E-state index contributed by atoms with van der Waals surface area (Å²) in [5, 5.41) is 7.45. The van der Waals surface area contributed by atoms with Gasteiger partial charge in [-0.3, -0.25) is 14.6 Å². The Morgan fingerprint density at radius 2 is 1.82 bits per heavy atom. The van der Waals surface area contributed by atoms with Crippen LogP contribution >= 0.6 is 0 Å². The van der Waals surface area contributed by atoms with Gasteiger partial charge in [-0.25, -0.2) is 14.5 Å². The number of hydrogen-bond donors (Lipinski definition) is 1. The third-order valence-electron chi connectivity index (χ3n) is 5.82. The van der Waals surface area contributed by atoms with Gasteiger partial charge in [-0.05, 0) is 24.6 Å². The number of rotatable bonds is 4. The SMILES string of the molecule is COc1cccc2oc(-c3c(-c4cnn(C)c4)nc4c(-c5ccccc5)c(C)[nH]n4c3=O)nc12. The van der Waals surface area contributed by atoms with Crippen molar-refractivity contribution in [2.45, 2.75) is 6.92 Å². The molecule has 1 N–H and O–H groups in total. The third-order valence-corrected chi connectivity index (χ3v) is 5.82. The predicted molar refractivity (Wildman–Crippen MR) is 128 cm³/mol. The Morgan fingerprint density at radius 3 is 2.56 bits per heavy atom. The summed E-state index contributed by atoms with van der Waals surface area (Å²) < 4.78 is 14.6. The first-order chi connectivity index (χ1) is 16.5. The highest BCUT2D eigenvalue weighted by Gasteiger charge is 2.25. The smallest absolute Gasteiger partial charge is 0.286 e. The Bertz CT molecular complexity index is 1740. The van der Waals surface area contributed by atoms with E-state index in [0.717, 1.165) is 16.8 Å². The molecule has 168 valence electrons. The summed E-state index contributed by atoms with van der Waals surface area (Å²) in [5.41, 5.74) is 5.26. The van der Waals surface area contributed by atoms with Gasteiger partial charge in [0.1, 0.15) is 11.3 Å². The fourth-order valence-electron chi connectivity index (χ4n) is 4.27. The topological polar surface area (TPSA) is 103 Å². The maximum atomic E-state index is 13.9. The average Bonchev–Trinajstić information content (AvgIpc) is 3.55. The van der Waals surface area contributed by atoms with Crippen LogP contribution < -0.4 is 10.3 Å². The number of nitrogens with one attached hydrogen (secondary N) is 1. The minimum Gasteiger partial charge on any atom is -0.494 e. The van der Waals surface area contributed by atoms with Crippen molar-refractivity contribution in [3.05, 3.63) is 77.0 Å². The van der Waals surface area contributed by atoms with Crippen LogP contribution in [0, 0.1) is 6.92 Å². The van der Waals surface area contributed by atoms with Crippen LogP contribution in [0.15, 0.2) is 70.1 Å². The van der Waals surface area contributed by atoms with Gasteiger partial charge >= 0.3 is 0 Å². The number of nitrogens with zero attached hydrogens (tertiary/aromatic N) is 5. The zero-order valence-electron chi connectivity index (χ0n) is 18.7. The molecule has 0 saturated heterocycles. The van der Waals surface area contributed by atoms with Crippen molar-refractivity contribution >= 4 is 16.7 Å². The van der Waals surface area contributed by atoms with Crippen LogP contribution in [0.1, 0.15) is 5.69 Å². The first kappa shape index (κ1) is 20.0. The van der Waals surface area contributed by atoms with E-state index in [1.807, 2.05) is 56.6 Å². The molecule has 34 heavy (non-hydrogen) atoms. The maximum absolute atomic E-state index is 13.9. The number of para-hydroxylation sites is 1. The molecule has 4 heterocycles. The Kier molecular flexibility index (Phi) is 4.38. The van der Waals surface area contributed by atoms with Gasteiger partial charge in [0, 0.05) is 30.1 Å². The van der Waals surface area contributed by atoms with E-state index in [-0.39, 0.29) is 17.0 Å². The van der Waals surface area contributed by atoms with Crippen LogP contribution in [0.25, 0.3) is 50.6 Å². The Hall–Kier alpha value is -4.66.